The standard InChI is InChI=1S/C20H15ClF3N3O4/c1-11-6-7-12(19(29)30)14(8-11)25-17(28)10-31-18-9-16(20(22,23)24)26-27(18)15-5-3-2-4-13(15)21/h2-9H,10H2,1H3,(H,25,28)(H,29,30). The number of benzene rings is 2. The highest BCUT2D eigenvalue weighted by Gasteiger charge is 2.36. The van der Waals surface area contributed by atoms with Crippen LogP contribution in [0.1, 0.15) is 21.6 Å². The fourth-order valence-electron chi connectivity index (χ4n) is 2.68. The third-order valence-electron chi connectivity index (χ3n) is 4.08. The van der Waals surface area contributed by atoms with E-state index in [1.54, 1.807) is 25.1 Å². The Kier molecular flexibility index (Phi) is 6.21. The van der Waals surface area contributed by atoms with Crippen LogP contribution in [0.4, 0.5) is 18.9 Å². The molecule has 162 valence electrons. The number of aromatic carboxylic acids is 1. The van der Waals surface area contributed by atoms with Gasteiger partial charge in [-0.1, -0.05) is 29.8 Å². The Balaban J connectivity index is 1.84. The van der Waals surface area contributed by atoms with E-state index >= 15 is 0 Å². The molecule has 1 amide bonds. The Bertz CT molecular complexity index is 1140. The number of carbonyl (C=O) groups excluding carboxylic acids is 1. The van der Waals surface area contributed by atoms with Gasteiger partial charge in [0, 0.05) is 6.07 Å². The zero-order chi connectivity index (χ0) is 22.8. The number of aromatic nitrogens is 2. The van der Waals surface area contributed by atoms with Gasteiger partial charge in [0.1, 0.15) is 0 Å². The van der Waals surface area contributed by atoms with Gasteiger partial charge >= 0.3 is 12.1 Å². The Morgan fingerprint density at radius 1 is 1.19 bits per heavy atom. The first-order chi connectivity index (χ1) is 14.6. The summed E-state index contributed by atoms with van der Waals surface area (Å²) in [5.74, 6) is -2.38. The number of nitrogens with one attached hydrogen (secondary N) is 1. The predicted octanol–water partition coefficient (Wildman–Crippen LogP) is 4.57. The Morgan fingerprint density at radius 3 is 2.55 bits per heavy atom. The van der Waals surface area contributed by atoms with Crippen molar-refractivity contribution < 1.29 is 32.6 Å². The Morgan fingerprint density at radius 2 is 1.90 bits per heavy atom. The van der Waals surface area contributed by atoms with Gasteiger partial charge in [-0.05, 0) is 36.8 Å². The molecule has 0 aliphatic carbocycles. The molecule has 0 unspecified atom stereocenters. The van der Waals surface area contributed by atoms with E-state index in [9.17, 15) is 27.9 Å². The quantitative estimate of drug-likeness (QED) is 0.570. The van der Waals surface area contributed by atoms with Crippen molar-refractivity contribution in [2.75, 3.05) is 11.9 Å². The smallest absolute Gasteiger partial charge is 0.435 e. The third-order valence-corrected chi connectivity index (χ3v) is 4.40. The first-order valence-corrected chi connectivity index (χ1v) is 9.13. The van der Waals surface area contributed by atoms with Gasteiger partial charge < -0.3 is 15.2 Å². The molecule has 31 heavy (non-hydrogen) atoms. The summed E-state index contributed by atoms with van der Waals surface area (Å²) in [6.07, 6.45) is -4.75. The number of hydrogen-bond donors (Lipinski definition) is 2. The van der Waals surface area contributed by atoms with Gasteiger partial charge in [-0.25, -0.2) is 4.79 Å². The van der Waals surface area contributed by atoms with Gasteiger partial charge in [-0.15, -0.1) is 0 Å². The predicted molar refractivity (Wildman–Crippen MR) is 106 cm³/mol. The average Bonchev–Trinajstić information content (AvgIpc) is 3.11. The summed E-state index contributed by atoms with van der Waals surface area (Å²) in [7, 11) is 0. The van der Waals surface area contributed by atoms with Crippen molar-refractivity contribution in [2.45, 2.75) is 13.1 Å². The number of hydrogen-bond acceptors (Lipinski definition) is 4. The molecule has 1 aromatic heterocycles. The second kappa shape index (κ2) is 8.68. The molecule has 0 fully saturated rings. The summed E-state index contributed by atoms with van der Waals surface area (Å²) in [4.78, 5) is 23.6. The normalized spacial score (nSPS) is 11.3. The van der Waals surface area contributed by atoms with E-state index in [-0.39, 0.29) is 27.8 Å². The number of aryl methyl sites for hydroxylation is 1. The maximum absolute atomic E-state index is 13.1. The lowest BCUT2D eigenvalue weighted by atomic mass is 10.1. The topological polar surface area (TPSA) is 93.5 Å². The summed E-state index contributed by atoms with van der Waals surface area (Å²) in [6, 6.07) is 11.0. The summed E-state index contributed by atoms with van der Waals surface area (Å²) in [5.41, 5.74) is -0.499. The van der Waals surface area contributed by atoms with Gasteiger partial charge in [0.2, 0.25) is 5.88 Å². The van der Waals surface area contributed by atoms with E-state index in [0.29, 0.717) is 11.6 Å². The van der Waals surface area contributed by atoms with Crippen molar-refractivity contribution in [1.29, 1.82) is 0 Å². The number of carboxylic acid groups (broad SMARTS) is 1. The molecule has 0 saturated heterocycles. The molecule has 0 aliphatic heterocycles. The number of rotatable bonds is 6. The van der Waals surface area contributed by atoms with Gasteiger partial charge in [0.05, 0.1) is 22.0 Å². The van der Waals surface area contributed by atoms with E-state index in [0.717, 1.165) is 4.68 Å². The van der Waals surface area contributed by atoms with Gasteiger partial charge in [-0.3, -0.25) is 4.79 Å². The highest BCUT2D eigenvalue weighted by Crippen LogP contribution is 2.33. The SMILES string of the molecule is Cc1ccc(C(=O)O)c(NC(=O)COc2cc(C(F)(F)F)nn2-c2ccccc2Cl)c1. The third kappa shape index (κ3) is 5.15. The summed E-state index contributed by atoms with van der Waals surface area (Å²) >= 11 is 6.05. The lowest BCUT2D eigenvalue weighted by Gasteiger charge is -2.12. The number of anilines is 1. The minimum atomic E-state index is -4.75. The number of carboxylic acids is 1. The number of ether oxygens (including phenoxy) is 1. The van der Waals surface area contributed by atoms with Crippen LogP contribution in [0.25, 0.3) is 5.69 Å². The van der Waals surface area contributed by atoms with E-state index < -0.39 is 30.4 Å². The first kappa shape index (κ1) is 22.2. The molecular formula is C20H15ClF3N3O4. The lowest BCUT2D eigenvalue weighted by molar-refractivity contribution is -0.141. The summed E-state index contributed by atoms with van der Waals surface area (Å²) < 4.78 is 45.5. The molecule has 11 heteroatoms. The highest BCUT2D eigenvalue weighted by atomic mass is 35.5. The van der Waals surface area contributed by atoms with Gasteiger partial charge in [-0.2, -0.15) is 23.0 Å². The second-order valence-electron chi connectivity index (χ2n) is 6.42. The van der Waals surface area contributed by atoms with Crippen molar-refractivity contribution in [2.24, 2.45) is 0 Å². The summed E-state index contributed by atoms with van der Waals surface area (Å²) in [6.45, 7) is 1.01. The molecule has 1 heterocycles. The minimum absolute atomic E-state index is 0.0386. The first-order valence-electron chi connectivity index (χ1n) is 8.75. The molecule has 2 N–H and O–H groups in total. The second-order valence-corrected chi connectivity index (χ2v) is 6.83. The van der Waals surface area contributed by atoms with E-state index in [1.807, 2.05) is 0 Å². The van der Waals surface area contributed by atoms with Crippen LogP contribution in [-0.2, 0) is 11.0 Å². The maximum atomic E-state index is 13.1. The van der Waals surface area contributed by atoms with Crippen LogP contribution < -0.4 is 10.1 Å². The van der Waals surface area contributed by atoms with Crippen LogP contribution >= 0.6 is 11.6 Å². The van der Waals surface area contributed by atoms with E-state index in [1.165, 1.54) is 24.3 Å². The molecule has 0 saturated carbocycles. The van der Waals surface area contributed by atoms with Crippen molar-refractivity contribution >= 4 is 29.2 Å². The molecule has 0 atom stereocenters. The van der Waals surface area contributed by atoms with Crippen LogP contribution in [0, 0.1) is 6.92 Å². The lowest BCUT2D eigenvalue weighted by Crippen LogP contribution is -2.22. The number of amides is 1. The van der Waals surface area contributed by atoms with Crippen molar-refractivity contribution in [3.05, 3.63) is 70.4 Å². The zero-order valence-electron chi connectivity index (χ0n) is 15.9. The Labute approximate surface area is 179 Å². The van der Waals surface area contributed by atoms with Crippen molar-refractivity contribution in [3.63, 3.8) is 0 Å². The van der Waals surface area contributed by atoms with Crippen LogP contribution in [0.5, 0.6) is 5.88 Å². The van der Waals surface area contributed by atoms with Gasteiger partial charge in [0.25, 0.3) is 5.91 Å². The Hall–Kier alpha value is -3.53. The van der Waals surface area contributed by atoms with Crippen molar-refractivity contribution in [3.8, 4) is 11.6 Å². The van der Waals surface area contributed by atoms with Crippen LogP contribution in [0.15, 0.2) is 48.5 Å². The number of nitrogens with zero attached hydrogens (tertiary/aromatic N) is 2. The molecule has 0 aliphatic rings. The molecule has 3 rings (SSSR count). The zero-order valence-corrected chi connectivity index (χ0v) is 16.7. The fourth-order valence-corrected chi connectivity index (χ4v) is 2.89. The molecule has 0 bridgehead atoms. The van der Waals surface area contributed by atoms with Crippen LogP contribution in [-0.4, -0.2) is 33.4 Å². The fraction of sp³-hybridized carbons (Fsp3) is 0.150. The van der Waals surface area contributed by atoms with Gasteiger partial charge in [0.15, 0.2) is 12.3 Å². The van der Waals surface area contributed by atoms with Crippen LogP contribution in [0.2, 0.25) is 5.02 Å². The molecular weight excluding hydrogens is 439 g/mol. The summed E-state index contributed by atoms with van der Waals surface area (Å²) in [5, 5.41) is 15.2. The van der Waals surface area contributed by atoms with Crippen LogP contribution in [0.3, 0.4) is 0 Å². The van der Waals surface area contributed by atoms with E-state index in [4.69, 9.17) is 16.3 Å². The van der Waals surface area contributed by atoms with E-state index in [2.05, 4.69) is 10.4 Å². The molecule has 2 aromatic carbocycles. The molecule has 3 aromatic rings. The molecule has 0 radical (unpaired) electrons. The number of halogens is 4. The largest absolute Gasteiger partial charge is 0.478 e. The molecule has 7 nitrogen and oxygen atoms in total. The minimum Gasteiger partial charge on any atom is -0.478 e. The number of alkyl halides is 3. The monoisotopic (exact) mass is 453 g/mol. The molecule has 0 spiro atoms. The van der Waals surface area contributed by atoms with Crippen molar-refractivity contribution in [1.82, 2.24) is 9.78 Å². The number of para-hydroxylation sites is 1. The maximum Gasteiger partial charge on any atom is 0.435 e. The average molecular weight is 454 g/mol. The number of carbonyl (C=O) groups is 2. The highest BCUT2D eigenvalue weighted by molar-refractivity contribution is 6.32.